The smallest absolute Gasteiger partial charge is 0.212 e. The van der Waals surface area contributed by atoms with Crippen LogP contribution in [-0.4, -0.2) is 15.9 Å². The van der Waals surface area contributed by atoms with Crippen molar-refractivity contribution in [3.63, 3.8) is 0 Å². The monoisotopic (exact) mass is 320 g/mol. The number of hydrogen-bond donors (Lipinski definition) is 1. The molecule has 0 atom stereocenters. The molecule has 0 aliphatic heterocycles. The molecular formula is C14H12N2O3S2. The molecule has 0 radical (unpaired) electrons. The Balaban J connectivity index is 1.77. The first kappa shape index (κ1) is 13.8. The van der Waals surface area contributed by atoms with E-state index >= 15 is 0 Å². The fraction of sp³-hybridized carbons (Fsp3) is 0.143. The molecule has 3 aromatic heterocycles. The average molecular weight is 320 g/mol. The maximum absolute atomic E-state index is 10.2. The van der Waals surface area contributed by atoms with Crippen molar-refractivity contribution in [2.75, 3.05) is 0 Å². The first-order chi connectivity index (χ1) is 10.2. The van der Waals surface area contributed by atoms with E-state index in [1.807, 2.05) is 18.2 Å². The van der Waals surface area contributed by atoms with Gasteiger partial charge in [-0.05, 0) is 36.5 Å². The second-order valence-electron chi connectivity index (χ2n) is 4.27. The molecular weight excluding hydrogens is 308 g/mol. The molecule has 3 aromatic rings. The molecule has 21 heavy (non-hydrogen) atoms. The van der Waals surface area contributed by atoms with Gasteiger partial charge in [-0.25, -0.2) is 0 Å². The van der Waals surface area contributed by atoms with Crippen molar-refractivity contribution >= 4 is 29.8 Å². The summed E-state index contributed by atoms with van der Waals surface area (Å²) in [6.45, 7) is 0.829. The Morgan fingerprint density at radius 1 is 1.24 bits per heavy atom. The van der Waals surface area contributed by atoms with E-state index in [2.05, 4.69) is 4.99 Å². The number of thiazole rings is 1. The maximum atomic E-state index is 10.2. The van der Waals surface area contributed by atoms with E-state index in [0.29, 0.717) is 21.9 Å². The van der Waals surface area contributed by atoms with Crippen LogP contribution in [0.2, 0.25) is 0 Å². The second-order valence-corrected chi connectivity index (χ2v) is 5.95. The molecule has 0 aliphatic rings. The van der Waals surface area contributed by atoms with E-state index in [1.165, 1.54) is 11.3 Å². The predicted molar refractivity (Wildman–Crippen MR) is 82.6 cm³/mol. The number of rotatable bonds is 5. The minimum atomic E-state index is 0.101. The number of hydrogen-bond acceptors (Lipinski definition) is 6. The summed E-state index contributed by atoms with van der Waals surface area (Å²) in [5, 5.41) is 10.2. The minimum Gasteiger partial charge on any atom is -0.493 e. The minimum absolute atomic E-state index is 0.101. The van der Waals surface area contributed by atoms with Crippen LogP contribution in [0.4, 0.5) is 0 Å². The maximum Gasteiger partial charge on any atom is 0.212 e. The SMILES string of the molecule is Oc1c(C=NCc2ccco2)sc(=S)n1Cc1ccco1. The Morgan fingerprint density at radius 3 is 2.62 bits per heavy atom. The van der Waals surface area contributed by atoms with Crippen LogP contribution >= 0.6 is 23.6 Å². The highest BCUT2D eigenvalue weighted by molar-refractivity contribution is 7.73. The van der Waals surface area contributed by atoms with Crippen LogP contribution in [0.3, 0.4) is 0 Å². The standard InChI is InChI=1S/C14H12N2O3S2/c17-13-12(8-15-7-10-3-1-5-18-10)21-14(20)16(13)9-11-4-2-6-19-11/h1-6,8,17H,7,9H2. The van der Waals surface area contributed by atoms with Gasteiger partial charge in [0.25, 0.3) is 0 Å². The lowest BCUT2D eigenvalue weighted by Gasteiger charge is -2.01. The van der Waals surface area contributed by atoms with E-state index in [-0.39, 0.29) is 5.88 Å². The number of aliphatic imine (C=N–C) groups is 1. The van der Waals surface area contributed by atoms with Gasteiger partial charge in [-0.2, -0.15) is 0 Å². The Morgan fingerprint density at radius 2 is 1.95 bits per heavy atom. The topological polar surface area (TPSA) is 63.8 Å². The second kappa shape index (κ2) is 6.11. The van der Waals surface area contributed by atoms with Gasteiger partial charge in [-0.15, -0.1) is 0 Å². The fourth-order valence-corrected chi connectivity index (χ4v) is 3.02. The van der Waals surface area contributed by atoms with Crippen molar-refractivity contribution in [3.05, 3.63) is 57.1 Å². The highest BCUT2D eigenvalue weighted by Gasteiger charge is 2.11. The van der Waals surface area contributed by atoms with Crippen molar-refractivity contribution < 1.29 is 13.9 Å². The van der Waals surface area contributed by atoms with Gasteiger partial charge >= 0.3 is 0 Å². The zero-order chi connectivity index (χ0) is 14.7. The third kappa shape index (κ3) is 3.14. The molecule has 7 heteroatoms. The van der Waals surface area contributed by atoms with Crippen molar-refractivity contribution in [1.82, 2.24) is 4.57 Å². The lowest BCUT2D eigenvalue weighted by atomic mass is 10.4. The summed E-state index contributed by atoms with van der Waals surface area (Å²) in [5.74, 6) is 1.60. The average Bonchev–Trinajstić information content (AvgIpc) is 3.19. The van der Waals surface area contributed by atoms with Gasteiger partial charge in [-0.1, -0.05) is 11.3 Å². The summed E-state index contributed by atoms with van der Waals surface area (Å²) in [5.41, 5.74) is 0. The van der Waals surface area contributed by atoms with Crippen LogP contribution < -0.4 is 0 Å². The Labute approximate surface area is 129 Å². The van der Waals surface area contributed by atoms with Crippen LogP contribution in [0.15, 0.2) is 50.6 Å². The van der Waals surface area contributed by atoms with Gasteiger partial charge in [0.15, 0.2) is 3.95 Å². The summed E-state index contributed by atoms with van der Waals surface area (Å²) >= 11 is 6.57. The zero-order valence-corrected chi connectivity index (χ0v) is 12.6. The molecule has 0 saturated heterocycles. The summed E-state index contributed by atoms with van der Waals surface area (Å²) in [7, 11) is 0. The highest BCUT2D eigenvalue weighted by atomic mass is 32.1. The molecule has 108 valence electrons. The lowest BCUT2D eigenvalue weighted by Crippen LogP contribution is -1.97. The van der Waals surface area contributed by atoms with E-state index in [9.17, 15) is 5.11 Å². The molecule has 0 fully saturated rings. The molecule has 1 N–H and O–H groups in total. The molecule has 0 amide bonds. The summed E-state index contributed by atoms with van der Waals surface area (Å²) in [6, 6.07) is 7.30. The van der Waals surface area contributed by atoms with Gasteiger partial charge in [0.2, 0.25) is 5.88 Å². The van der Waals surface area contributed by atoms with Gasteiger partial charge in [0.1, 0.15) is 16.4 Å². The summed E-state index contributed by atoms with van der Waals surface area (Å²) in [6.07, 6.45) is 4.80. The number of nitrogens with zero attached hydrogens (tertiary/aromatic N) is 2. The Kier molecular flexibility index (Phi) is 4.03. The molecule has 0 bridgehead atoms. The van der Waals surface area contributed by atoms with Gasteiger partial charge < -0.3 is 13.9 Å². The van der Waals surface area contributed by atoms with Crippen molar-refractivity contribution in [1.29, 1.82) is 0 Å². The zero-order valence-electron chi connectivity index (χ0n) is 10.9. The van der Waals surface area contributed by atoms with E-state index in [1.54, 1.807) is 29.4 Å². The quantitative estimate of drug-likeness (QED) is 0.573. The highest BCUT2D eigenvalue weighted by Crippen LogP contribution is 2.25. The summed E-state index contributed by atoms with van der Waals surface area (Å²) < 4.78 is 12.6. The first-order valence-electron chi connectivity index (χ1n) is 6.21. The predicted octanol–water partition coefficient (Wildman–Crippen LogP) is 3.84. The Bertz CT molecular complexity index is 783. The van der Waals surface area contributed by atoms with Crippen molar-refractivity contribution in [3.8, 4) is 5.88 Å². The normalized spacial score (nSPS) is 11.4. The third-order valence-electron chi connectivity index (χ3n) is 2.82. The molecule has 0 unspecified atom stereocenters. The van der Waals surface area contributed by atoms with Gasteiger partial charge in [0, 0.05) is 6.21 Å². The molecule has 5 nitrogen and oxygen atoms in total. The largest absolute Gasteiger partial charge is 0.493 e. The lowest BCUT2D eigenvalue weighted by molar-refractivity contribution is 0.407. The van der Waals surface area contributed by atoms with Crippen LogP contribution in [0.5, 0.6) is 5.88 Å². The fourth-order valence-electron chi connectivity index (χ4n) is 1.82. The van der Waals surface area contributed by atoms with Crippen LogP contribution in [0, 0.1) is 3.95 Å². The molecule has 3 rings (SSSR count). The van der Waals surface area contributed by atoms with Gasteiger partial charge in [-0.3, -0.25) is 9.56 Å². The molecule has 0 aliphatic carbocycles. The number of aromatic hydroxyl groups is 1. The van der Waals surface area contributed by atoms with E-state index in [0.717, 1.165) is 11.5 Å². The van der Waals surface area contributed by atoms with Crippen LogP contribution in [0.1, 0.15) is 16.4 Å². The van der Waals surface area contributed by atoms with Crippen LogP contribution in [0.25, 0.3) is 0 Å². The molecule has 0 saturated carbocycles. The number of aromatic nitrogens is 1. The first-order valence-corrected chi connectivity index (χ1v) is 7.43. The van der Waals surface area contributed by atoms with Gasteiger partial charge in [0.05, 0.1) is 25.6 Å². The third-order valence-corrected chi connectivity index (χ3v) is 4.20. The molecule has 0 spiro atoms. The number of furan rings is 2. The van der Waals surface area contributed by atoms with Crippen molar-refractivity contribution in [2.24, 2.45) is 4.99 Å². The van der Waals surface area contributed by atoms with E-state index < -0.39 is 0 Å². The molecule has 3 heterocycles. The van der Waals surface area contributed by atoms with Crippen molar-refractivity contribution in [2.45, 2.75) is 13.1 Å². The van der Waals surface area contributed by atoms with Crippen LogP contribution in [-0.2, 0) is 13.1 Å². The molecule has 0 aromatic carbocycles. The van der Waals surface area contributed by atoms with E-state index in [4.69, 9.17) is 21.1 Å². The summed E-state index contributed by atoms with van der Waals surface area (Å²) in [4.78, 5) is 4.87. The Hall–Kier alpha value is -2.12.